The third-order valence-electron chi connectivity index (χ3n) is 7.69. The number of benzene rings is 2. The van der Waals surface area contributed by atoms with E-state index in [1.54, 1.807) is 30.3 Å². The normalized spacial score (nSPS) is 13.5. The fourth-order valence-electron chi connectivity index (χ4n) is 4.90. The Hall–Kier alpha value is -3.39. The second kappa shape index (κ2) is 19.0. The second-order valence-corrected chi connectivity index (χ2v) is 11.4. The molecule has 43 heavy (non-hydrogen) atoms. The molecule has 0 bridgehead atoms. The Bertz CT molecular complexity index is 1190. The van der Waals surface area contributed by atoms with Gasteiger partial charge in [0, 0.05) is 31.0 Å². The van der Waals surface area contributed by atoms with Gasteiger partial charge in [-0.25, -0.2) is 13.6 Å². The molecule has 8 heteroatoms. The van der Waals surface area contributed by atoms with Gasteiger partial charge in [0.2, 0.25) is 5.91 Å². The minimum Gasteiger partial charge on any atom is -0.479 e. The van der Waals surface area contributed by atoms with Crippen LogP contribution in [0.25, 0.3) is 11.1 Å². The van der Waals surface area contributed by atoms with Crippen molar-refractivity contribution in [2.24, 2.45) is 5.92 Å². The molecule has 2 atom stereocenters. The molecule has 236 valence electrons. The molecule has 2 aromatic carbocycles. The molecule has 0 unspecified atom stereocenters. The quantitative estimate of drug-likeness (QED) is 0.101. The molecule has 2 aromatic rings. The summed E-state index contributed by atoms with van der Waals surface area (Å²) in [6, 6.07) is 10.4. The Morgan fingerprint density at radius 2 is 1.53 bits per heavy atom. The van der Waals surface area contributed by atoms with E-state index in [0.29, 0.717) is 37.0 Å². The molecule has 0 aliphatic heterocycles. The average Bonchev–Trinajstić information content (AvgIpc) is 2.96. The molecule has 0 aliphatic rings. The third-order valence-corrected chi connectivity index (χ3v) is 7.69. The first-order valence-electron chi connectivity index (χ1n) is 15.5. The number of hydrogen-bond acceptors (Lipinski definition) is 4. The van der Waals surface area contributed by atoms with Crippen molar-refractivity contribution in [3.05, 3.63) is 71.8 Å². The van der Waals surface area contributed by atoms with Crippen LogP contribution in [0.3, 0.4) is 0 Å². The zero-order valence-electron chi connectivity index (χ0n) is 25.5. The Kier molecular flexibility index (Phi) is 15.8. The number of allylic oxidation sites excluding steroid dienone is 1. The molecule has 0 saturated heterocycles. The number of Topliss-reactive ketones (excluding diaryl/α,β-unsaturated/α-hetero) is 1. The highest BCUT2D eigenvalue weighted by molar-refractivity contribution is 5.90. The van der Waals surface area contributed by atoms with Crippen LogP contribution in [0.5, 0.6) is 0 Å². The standard InChI is InChI=1S/C35H47F2NO5/c1-3-4-5-8-11-14-29(39)15-12-9-6-7-10-13-16-31(35(2,43)34(41)42)33(40)38-24-23-26-17-19-27(20-18-26)30-22-21-28(36)25-32(30)37/h13,16-22,25,31,43H,3-12,14-15,23-24H2,1-2H3,(H,38,40)(H,41,42)/t31-,35+/m1/s1. The van der Waals surface area contributed by atoms with Gasteiger partial charge in [0.15, 0.2) is 5.60 Å². The molecule has 0 saturated carbocycles. The highest BCUT2D eigenvalue weighted by atomic mass is 19.1. The highest BCUT2D eigenvalue weighted by Crippen LogP contribution is 2.24. The predicted octanol–water partition coefficient (Wildman–Crippen LogP) is 7.57. The zero-order chi connectivity index (χ0) is 31.7. The van der Waals surface area contributed by atoms with Gasteiger partial charge in [-0.15, -0.1) is 0 Å². The molecule has 0 heterocycles. The molecule has 1 amide bonds. The minimum absolute atomic E-state index is 0.209. The van der Waals surface area contributed by atoms with E-state index in [1.165, 1.54) is 37.5 Å². The molecular formula is C35H47F2NO5. The van der Waals surface area contributed by atoms with Crippen LogP contribution in [-0.2, 0) is 20.8 Å². The summed E-state index contributed by atoms with van der Waals surface area (Å²) in [4.78, 5) is 36.6. The number of nitrogens with one attached hydrogen (secondary N) is 1. The largest absolute Gasteiger partial charge is 0.479 e. The van der Waals surface area contributed by atoms with Gasteiger partial charge in [-0.2, -0.15) is 0 Å². The van der Waals surface area contributed by atoms with Crippen molar-refractivity contribution in [2.75, 3.05) is 6.54 Å². The minimum atomic E-state index is -2.28. The van der Waals surface area contributed by atoms with Crippen molar-refractivity contribution in [3.8, 4) is 11.1 Å². The van der Waals surface area contributed by atoms with E-state index in [2.05, 4.69) is 12.2 Å². The van der Waals surface area contributed by atoms with Crippen molar-refractivity contribution >= 4 is 17.7 Å². The summed E-state index contributed by atoms with van der Waals surface area (Å²) in [5, 5.41) is 22.8. The summed E-state index contributed by atoms with van der Waals surface area (Å²) in [5.74, 6) is -4.33. The fourth-order valence-corrected chi connectivity index (χ4v) is 4.90. The van der Waals surface area contributed by atoms with Gasteiger partial charge in [-0.1, -0.05) is 81.9 Å². The summed E-state index contributed by atoms with van der Waals surface area (Å²) in [7, 11) is 0. The lowest BCUT2D eigenvalue weighted by Gasteiger charge is -2.25. The Balaban J connectivity index is 1.77. The van der Waals surface area contributed by atoms with Gasteiger partial charge >= 0.3 is 5.97 Å². The zero-order valence-corrected chi connectivity index (χ0v) is 25.5. The predicted molar refractivity (Wildman–Crippen MR) is 165 cm³/mol. The number of unbranched alkanes of at least 4 members (excludes halogenated alkanes) is 8. The smallest absolute Gasteiger partial charge is 0.336 e. The summed E-state index contributed by atoms with van der Waals surface area (Å²) >= 11 is 0. The molecular weight excluding hydrogens is 552 g/mol. The number of aliphatic carboxylic acids is 1. The Morgan fingerprint density at radius 1 is 0.907 bits per heavy atom. The van der Waals surface area contributed by atoms with E-state index < -0.39 is 35.0 Å². The number of halogens is 2. The number of carbonyl (C=O) groups excluding carboxylic acids is 2. The lowest BCUT2D eigenvalue weighted by atomic mass is 9.87. The van der Waals surface area contributed by atoms with E-state index in [1.807, 2.05) is 0 Å². The summed E-state index contributed by atoms with van der Waals surface area (Å²) in [5.41, 5.74) is -0.546. The summed E-state index contributed by atoms with van der Waals surface area (Å²) in [6.07, 6.45) is 14.8. The van der Waals surface area contributed by atoms with Gasteiger partial charge in [0.05, 0.1) is 5.92 Å². The van der Waals surface area contributed by atoms with Crippen LogP contribution in [0, 0.1) is 17.6 Å². The number of rotatable bonds is 21. The van der Waals surface area contributed by atoms with Gasteiger partial charge in [-0.05, 0) is 62.3 Å². The number of carbonyl (C=O) groups is 3. The van der Waals surface area contributed by atoms with E-state index >= 15 is 0 Å². The average molecular weight is 600 g/mol. The van der Waals surface area contributed by atoms with Gasteiger partial charge < -0.3 is 15.5 Å². The maximum absolute atomic E-state index is 14.1. The number of carboxylic acids is 1. The van der Waals surface area contributed by atoms with Crippen molar-refractivity contribution in [1.82, 2.24) is 5.32 Å². The van der Waals surface area contributed by atoms with Crippen LogP contribution < -0.4 is 5.32 Å². The van der Waals surface area contributed by atoms with E-state index in [-0.39, 0.29) is 12.1 Å². The fraction of sp³-hybridized carbons (Fsp3) is 0.514. The number of carboxylic acid groups (broad SMARTS) is 1. The topological polar surface area (TPSA) is 104 Å². The Morgan fingerprint density at radius 3 is 2.14 bits per heavy atom. The van der Waals surface area contributed by atoms with E-state index in [4.69, 9.17) is 0 Å². The van der Waals surface area contributed by atoms with Crippen molar-refractivity contribution in [2.45, 2.75) is 103 Å². The summed E-state index contributed by atoms with van der Waals surface area (Å²) in [6.45, 7) is 3.49. The molecule has 0 spiro atoms. The maximum atomic E-state index is 14.1. The first-order chi connectivity index (χ1) is 20.6. The molecule has 2 rings (SSSR count). The second-order valence-electron chi connectivity index (χ2n) is 11.4. The SMILES string of the molecule is CCCCCCCC(=O)CCCCCCC=C[C@H](C(=O)NCCc1ccc(-c2ccc(F)cc2F)cc1)[C@](C)(O)C(=O)O. The van der Waals surface area contributed by atoms with Gasteiger partial charge in [0.1, 0.15) is 17.4 Å². The lowest BCUT2D eigenvalue weighted by Crippen LogP contribution is -2.49. The molecule has 0 aliphatic carbocycles. The summed E-state index contributed by atoms with van der Waals surface area (Å²) < 4.78 is 27.2. The van der Waals surface area contributed by atoms with Crippen LogP contribution in [0.1, 0.15) is 96.5 Å². The van der Waals surface area contributed by atoms with Crippen molar-refractivity contribution in [1.29, 1.82) is 0 Å². The van der Waals surface area contributed by atoms with Crippen molar-refractivity contribution < 1.29 is 33.4 Å². The number of aliphatic hydroxyl groups is 1. The van der Waals surface area contributed by atoms with Gasteiger partial charge in [-0.3, -0.25) is 9.59 Å². The molecule has 0 fully saturated rings. The number of ketones is 1. The number of amides is 1. The van der Waals surface area contributed by atoms with E-state index in [9.17, 15) is 33.4 Å². The third kappa shape index (κ3) is 12.8. The molecule has 3 N–H and O–H groups in total. The first kappa shape index (κ1) is 35.8. The first-order valence-corrected chi connectivity index (χ1v) is 15.5. The van der Waals surface area contributed by atoms with Crippen LogP contribution in [0.15, 0.2) is 54.6 Å². The highest BCUT2D eigenvalue weighted by Gasteiger charge is 2.42. The molecule has 0 radical (unpaired) electrons. The monoisotopic (exact) mass is 599 g/mol. The lowest BCUT2D eigenvalue weighted by molar-refractivity contribution is -0.163. The molecule has 6 nitrogen and oxygen atoms in total. The molecule has 0 aromatic heterocycles. The number of hydrogen-bond donors (Lipinski definition) is 3. The van der Waals surface area contributed by atoms with Crippen LogP contribution in [0.4, 0.5) is 8.78 Å². The van der Waals surface area contributed by atoms with Gasteiger partial charge in [0.25, 0.3) is 0 Å². The van der Waals surface area contributed by atoms with Crippen LogP contribution >= 0.6 is 0 Å². The van der Waals surface area contributed by atoms with Crippen LogP contribution in [-0.4, -0.2) is 40.0 Å². The van der Waals surface area contributed by atoms with E-state index in [0.717, 1.165) is 57.1 Å². The van der Waals surface area contributed by atoms with Crippen LogP contribution in [0.2, 0.25) is 0 Å². The Labute approximate surface area is 254 Å². The maximum Gasteiger partial charge on any atom is 0.336 e. The van der Waals surface area contributed by atoms with Crippen molar-refractivity contribution in [3.63, 3.8) is 0 Å².